The van der Waals surface area contributed by atoms with E-state index in [0.29, 0.717) is 49.6 Å². The van der Waals surface area contributed by atoms with Crippen LogP contribution in [0.15, 0.2) is 35.5 Å². The predicted octanol–water partition coefficient (Wildman–Crippen LogP) is 1.91. The van der Waals surface area contributed by atoms with Crippen molar-refractivity contribution in [3.05, 3.63) is 36.2 Å². The molecule has 166 valence electrons. The van der Waals surface area contributed by atoms with Gasteiger partial charge in [0.15, 0.2) is 0 Å². The highest BCUT2D eigenvalue weighted by molar-refractivity contribution is 7.99. The van der Waals surface area contributed by atoms with Crippen molar-refractivity contribution in [2.45, 2.75) is 43.8 Å². The normalized spacial score (nSPS) is 17.2. The van der Waals surface area contributed by atoms with Crippen LogP contribution in [-0.4, -0.2) is 80.9 Å². The predicted molar refractivity (Wildman–Crippen MR) is 120 cm³/mol. The summed E-state index contributed by atoms with van der Waals surface area (Å²) in [6, 6.07) is 10.2. The third-order valence-corrected chi connectivity index (χ3v) is 6.25. The molecule has 8 nitrogen and oxygen atoms in total. The molecule has 1 aromatic carbocycles. The lowest BCUT2D eigenvalue weighted by Crippen LogP contribution is -2.52. The Morgan fingerprint density at radius 3 is 2.48 bits per heavy atom. The van der Waals surface area contributed by atoms with Gasteiger partial charge in [-0.2, -0.15) is 0 Å². The first-order valence-electron chi connectivity index (χ1n) is 10.9. The number of piperazine rings is 1. The van der Waals surface area contributed by atoms with Gasteiger partial charge in [-0.15, -0.1) is 5.10 Å². The minimum atomic E-state index is 0.0388. The average molecular weight is 443 g/mol. The molecule has 1 aromatic heterocycles. The minimum absolute atomic E-state index is 0.0388. The molecule has 1 N–H and O–H groups in total. The average Bonchev–Trinajstić information content (AvgIpc) is 3.52. The van der Waals surface area contributed by atoms with Crippen molar-refractivity contribution < 1.29 is 9.59 Å². The Hall–Kier alpha value is -2.39. The summed E-state index contributed by atoms with van der Waals surface area (Å²) in [5, 5.41) is 8.24. The van der Waals surface area contributed by atoms with Crippen LogP contribution in [0.4, 0.5) is 0 Å². The number of thioether (sulfide) groups is 1. The molecule has 0 spiro atoms. The molecular formula is C22H30N6O2S. The van der Waals surface area contributed by atoms with E-state index in [1.54, 1.807) is 0 Å². The van der Waals surface area contributed by atoms with Crippen molar-refractivity contribution in [1.82, 2.24) is 29.9 Å². The zero-order chi connectivity index (χ0) is 21.8. The zero-order valence-corrected chi connectivity index (χ0v) is 19.0. The van der Waals surface area contributed by atoms with E-state index < -0.39 is 0 Å². The van der Waals surface area contributed by atoms with Gasteiger partial charge >= 0.3 is 0 Å². The topological polar surface area (TPSA) is 83.4 Å². The van der Waals surface area contributed by atoms with Crippen LogP contribution < -0.4 is 5.32 Å². The first kappa shape index (κ1) is 21.8. The van der Waals surface area contributed by atoms with Gasteiger partial charge in [0.05, 0.1) is 18.0 Å². The van der Waals surface area contributed by atoms with E-state index in [1.807, 2.05) is 53.8 Å². The standard InChI is InChI=1S/C22H30N6O2S/c1-16(2)23-19(29)14-26-10-12-27(13-11-26)20(30)15-31-22-24-21(17-8-9-17)28(25-22)18-6-4-3-5-7-18/h3-7,16-17H,8-15H2,1-2H3,(H,23,29). The van der Waals surface area contributed by atoms with Gasteiger partial charge in [-0.05, 0) is 38.8 Å². The third-order valence-electron chi connectivity index (χ3n) is 5.42. The number of amides is 2. The molecule has 0 radical (unpaired) electrons. The van der Waals surface area contributed by atoms with Crippen molar-refractivity contribution in [2.75, 3.05) is 38.5 Å². The number of hydrogen-bond acceptors (Lipinski definition) is 6. The van der Waals surface area contributed by atoms with E-state index in [1.165, 1.54) is 11.8 Å². The number of para-hydroxylation sites is 1. The number of carbonyl (C=O) groups is 2. The largest absolute Gasteiger partial charge is 0.353 e. The lowest BCUT2D eigenvalue weighted by Gasteiger charge is -2.34. The Balaban J connectivity index is 1.28. The van der Waals surface area contributed by atoms with Gasteiger partial charge in [0.2, 0.25) is 17.0 Å². The highest BCUT2D eigenvalue weighted by Crippen LogP contribution is 2.40. The molecule has 31 heavy (non-hydrogen) atoms. The van der Waals surface area contributed by atoms with E-state index in [-0.39, 0.29) is 17.9 Å². The summed E-state index contributed by atoms with van der Waals surface area (Å²) in [7, 11) is 0. The van der Waals surface area contributed by atoms with Crippen molar-refractivity contribution >= 4 is 23.6 Å². The molecule has 2 amide bonds. The lowest BCUT2D eigenvalue weighted by atomic mass is 10.3. The van der Waals surface area contributed by atoms with Gasteiger partial charge in [-0.1, -0.05) is 30.0 Å². The fraction of sp³-hybridized carbons (Fsp3) is 0.545. The number of rotatable bonds is 8. The molecule has 0 bridgehead atoms. The van der Waals surface area contributed by atoms with Crippen molar-refractivity contribution in [3.63, 3.8) is 0 Å². The Bertz CT molecular complexity index is 904. The van der Waals surface area contributed by atoms with Gasteiger partial charge in [0.1, 0.15) is 5.82 Å². The smallest absolute Gasteiger partial charge is 0.234 e. The van der Waals surface area contributed by atoms with E-state index in [2.05, 4.69) is 15.3 Å². The number of nitrogens with zero attached hydrogens (tertiary/aromatic N) is 5. The monoisotopic (exact) mass is 442 g/mol. The third kappa shape index (κ3) is 5.86. The zero-order valence-electron chi connectivity index (χ0n) is 18.2. The van der Waals surface area contributed by atoms with Crippen LogP contribution in [0.25, 0.3) is 5.69 Å². The maximum absolute atomic E-state index is 12.7. The minimum Gasteiger partial charge on any atom is -0.353 e. The van der Waals surface area contributed by atoms with Crippen LogP contribution in [0.1, 0.15) is 38.4 Å². The molecule has 0 unspecified atom stereocenters. The molecule has 1 aliphatic heterocycles. The molecule has 2 aromatic rings. The summed E-state index contributed by atoms with van der Waals surface area (Å²) >= 11 is 1.40. The van der Waals surface area contributed by atoms with Crippen LogP contribution >= 0.6 is 11.8 Å². The second-order valence-corrected chi connectivity index (χ2v) is 9.38. The quantitative estimate of drug-likeness (QED) is 0.629. The van der Waals surface area contributed by atoms with E-state index in [4.69, 9.17) is 4.98 Å². The Morgan fingerprint density at radius 2 is 1.84 bits per heavy atom. The molecule has 4 rings (SSSR count). The molecule has 9 heteroatoms. The first-order valence-corrected chi connectivity index (χ1v) is 11.9. The van der Waals surface area contributed by atoms with Gasteiger partial charge in [0, 0.05) is 38.1 Å². The van der Waals surface area contributed by atoms with Gasteiger partial charge in [0.25, 0.3) is 0 Å². The summed E-state index contributed by atoms with van der Waals surface area (Å²) in [6.07, 6.45) is 2.29. The first-order chi connectivity index (χ1) is 15.0. The van der Waals surface area contributed by atoms with Crippen LogP contribution in [0.5, 0.6) is 0 Å². The van der Waals surface area contributed by atoms with Crippen LogP contribution in [0, 0.1) is 0 Å². The molecule has 2 fully saturated rings. The Morgan fingerprint density at radius 1 is 1.13 bits per heavy atom. The van der Waals surface area contributed by atoms with Crippen LogP contribution in [0.2, 0.25) is 0 Å². The molecule has 2 heterocycles. The van der Waals surface area contributed by atoms with Gasteiger partial charge in [-0.25, -0.2) is 9.67 Å². The molecule has 1 saturated carbocycles. The fourth-order valence-corrected chi connectivity index (χ4v) is 4.41. The second-order valence-electron chi connectivity index (χ2n) is 8.44. The van der Waals surface area contributed by atoms with Crippen LogP contribution in [-0.2, 0) is 9.59 Å². The lowest BCUT2D eigenvalue weighted by molar-refractivity contribution is -0.130. The number of benzene rings is 1. The van der Waals surface area contributed by atoms with E-state index >= 15 is 0 Å². The maximum atomic E-state index is 12.7. The Labute approximate surface area is 187 Å². The van der Waals surface area contributed by atoms with Crippen LogP contribution in [0.3, 0.4) is 0 Å². The summed E-state index contributed by atoms with van der Waals surface area (Å²) in [5.74, 6) is 1.93. The van der Waals surface area contributed by atoms with Gasteiger partial charge in [-0.3, -0.25) is 14.5 Å². The molecule has 2 aliphatic rings. The summed E-state index contributed by atoms with van der Waals surface area (Å²) in [5.41, 5.74) is 1.01. The molecule has 1 aliphatic carbocycles. The number of hydrogen-bond donors (Lipinski definition) is 1. The van der Waals surface area contributed by atoms with Crippen molar-refractivity contribution in [3.8, 4) is 5.69 Å². The number of carbonyl (C=O) groups excluding carboxylic acids is 2. The van der Waals surface area contributed by atoms with Gasteiger partial charge < -0.3 is 10.2 Å². The summed E-state index contributed by atoms with van der Waals surface area (Å²) in [4.78, 5) is 33.3. The fourth-order valence-electron chi connectivity index (χ4n) is 3.67. The SMILES string of the molecule is CC(C)NC(=O)CN1CCN(C(=O)CSc2nc(C3CC3)n(-c3ccccc3)n2)CC1. The van der Waals surface area contributed by atoms with Crippen molar-refractivity contribution in [2.24, 2.45) is 0 Å². The number of nitrogens with one attached hydrogen (secondary N) is 1. The Kier molecular flexibility index (Phi) is 6.92. The highest BCUT2D eigenvalue weighted by atomic mass is 32.2. The summed E-state index contributed by atoms with van der Waals surface area (Å²) in [6.45, 7) is 7.03. The number of aromatic nitrogens is 3. The molecule has 1 saturated heterocycles. The molecule has 0 atom stereocenters. The van der Waals surface area contributed by atoms with E-state index in [9.17, 15) is 9.59 Å². The highest BCUT2D eigenvalue weighted by Gasteiger charge is 2.31. The van der Waals surface area contributed by atoms with Crippen molar-refractivity contribution in [1.29, 1.82) is 0 Å². The summed E-state index contributed by atoms with van der Waals surface area (Å²) < 4.78 is 1.92. The molecular weight excluding hydrogens is 412 g/mol. The maximum Gasteiger partial charge on any atom is 0.234 e. The van der Waals surface area contributed by atoms with E-state index in [0.717, 1.165) is 24.4 Å². The second kappa shape index (κ2) is 9.82.